The number of carbonyl (C=O) groups is 1. The predicted molar refractivity (Wildman–Crippen MR) is 143 cm³/mol. The number of hydrogen-bond acceptors (Lipinski definition) is 4. The van der Waals surface area contributed by atoms with Gasteiger partial charge in [-0.2, -0.15) is 0 Å². The maximum Gasteiger partial charge on any atom is 0.295 e. The molecule has 1 aromatic heterocycles. The van der Waals surface area contributed by atoms with E-state index in [0.29, 0.717) is 29.1 Å². The second kappa shape index (κ2) is 9.30. The maximum atomic E-state index is 13.9. The van der Waals surface area contributed by atoms with Crippen LogP contribution < -0.4 is 15.1 Å². The highest BCUT2D eigenvalue weighted by Crippen LogP contribution is 2.42. The summed E-state index contributed by atoms with van der Waals surface area (Å²) in [7, 11) is 0. The van der Waals surface area contributed by atoms with Crippen molar-refractivity contribution in [2.75, 3.05) is 11.5 Å². The van der Waals surface area contributed by atoms with Crippen molar-refractivity contribution in [1.82, 2.24) is 0 Å². The van der Waals surface area contributed by atoms with Crippen LogP contribution in [0.15, 0.2) is 69.9 Å². The first kappa shape index (κ1) is 23.9. The van der Waals surface area contributed by atoms with Crippen LogP contribution in [-0.2, 0) is 0 Å². The van der Waals surface area contributed by atoms with Crippen molar-refractivity contribution in [3.05, 3.63) is 104 Å². The fourth-order valence-electron chi connectivity index (χ4n) is 4.73. The Morgan fingerprint density at radius 3 is 2.50 bits per heavy atom. The minimum Gasteiger partial charge on any atom is -0.494 e. The van der Waals surface area contributed by atoms with Crippen LogP contribution in [0.25, 0.3) is 11.0 Å². The summed E-state index contributed by atoms with van der Waals surface area (Å²) < 4.78 is 12.1. The van der Waals surface area contributed by atoms with Crippen LogP contribution in [0.1, 0.15) is 64.7 Å². The van der Waals surface area contributed by atoms with Crippen LogP contribution in [0, 0.1) is 26.7 Å². The summed E-state index contributed by atoms with van der Waals surface area (Å²) in [6.07, 6.45) is 0.943. The zero-order valence-electron chi connectivity index (χ0n) is 21.4. The van der Waals surface area contributed by atoms with Gasteiger partial charge in [-0.1, -0.05) is 43.7 Å². The highest BCUT2D eigenvalue weighted by atomic mass is 16.5. The highest BCUT2D eigenvalue weighted by molar-refractivity contribution is 6.10. The van der Waals surface area contributed by atoms with Gasteiger partial charge in [-0.05, 0) is 86.2 Å². The standard InChI is InChI=1S/C31H31NO4/c1-18(2)13-14-35-24-8-6-7-22(17-24)28-27-29(33)25-15-19(3)9-12-26(25)36-30(27)31(34)32(28)23-11-10-20(4)21(5)16-23/h6-12,15-18,28H,13-14H2,1-5H3. The van der Waals surface area contributed by atoms with Gasteiger partial charge in [-0.15, -0.1) is 0 Å². The second-order valence-electron chi connectivity index (χ2n) is 10.1. The van der Waals surface area contributed by atoms with E-state index in [2.05, 4.69) is 13.8 Å². The second-order valence-corrected chi connectivity index (χ2v) is 10.1. The van der Waals surface area contributed by atoms with Crippen molar-refractivity contribution in [3.8, 4) is 5.75 Å². The third kappa shape index (κ3) is 4.19. The molecular formula is C31H31NO4. The van der Waals surface area contributed by atoms with Gasteiger partial charge in [0.1, 0.15) is 11.3 Å². The molecule has 1 aliphatic heterocycles. The van der Waals surface area contributed by atoms with Crippen molar-refractivity contribution >= 4 is 22.6 Å². The van der Waals surface area contributed by atoms with Gasteiger partial charge in [0.25, 0.3) is 5.91 Å². The molecule has 3 aromatic carbocycles. The zero-order valence-corrected chi connectivity index (χ0v) is 21.4. The Hall–Kier alpha value is -3.86. The molecule has 0 N–H and O–H groups in total. The van der Waals surface area contributed by atoms with Crippen LogP contribution in [0.4, 0.5) is 5.69 Å². The van der Waals surface area contributed by atoms with Crippen LogP contribution in [0.5, 0.6) is 5.75 Å². The van der Waals surface area contributed by atoms with E-state index in [4.69, 9.17) is 9.15 Å². The molecule has 5 heteroatoms. The quantitative estimate of drug-likeness (QED) is 0.301. The minimum atomic E-state index is -0.621. The molecule has 1 atom stereocenters. The summed E-state index contributed by atoms with van der Waals surface area (Å²) in [6.45, 7) is 10.9. The Labute approximate surface area is 211 Å². The molecule has 5 nitrogen and oxygen atoms in total. The van der Waals surface area contributed by atoms with Gasteiger partial charge < -0.3 is 9.15 Å². The number of hydrogen-bond donors (Lipinski definition) is 0. The lowest BCUT2D eigenvalue weighted by molar-refractivity contribution is 0.0971. The average molecular weight is 482 g/mol. The molecule has 36 heavy (non-hydrogen) atoms. The highest BCUT2D eigenvalue weighted by Gasteiger charge is 2.43. The van der Waals surface area contributed by atoms with Crippen LogP contribution in [0.3, 0.4) is 0 Å². The van der Waals surface area contributed by atoms with Gasteiger partial charge in [-0.25, -0.2) is 0 Å². The van der Waals surface area contributed by atoms with Gasteiger partial charge in [0.2, 0.25) is 5.76 Å². The Balaban J connectivity index is 1.70. The molecule has 1 aliphatic rings. The number of aryl methyl sites for hydroxylation is 3. The van der Waals surface area contributed by atoms with Crippen molar-refractivity contribution in [2.45, 2.75) is 47.1 Å². The minimum absolute atomic E-state index is 0.103. The lowest BCUT2D eigenvalue weighted by Gasteiger charge is -2.26. The molecule has 0 aliphatic carbocycles. The first-order valence-electron chi connectivity index (χ1n) is 12.5. The molecule has 0 saturated carbocycles. The number of amides is 1. The molecule has 0 spiro atoms. The Morgan fingerprint density at radius 1 is 0.944 bits per heavy atom. The van der Waals surface area contributed by atoms with Crippen LogP contribution in [0.2, 0.25) is 0 Å². The van der Waals surface area contributed by atoms with E-state index >= 15 is 0 Å². The molecule has 5 rings (SSSR count). The number of benzene rings is 3. The van der Waals surface area contributed by atoms with Crippen LogP contribution in [-0.4, -0.2) is 12.5 Å². The fraction of sp³-hybridized carbons (Fsp3) is 0.290. The van der Waals surface area contributed by atoms with Crippen LogP contribution >= 0.6 is 0 Å². The van der Waals surface area contributed by atoms with Gasteiger partial charge >= 0.3 is 0 Å². The summed E-state index contributed by atoms with van der Waals surface area (Å²) in [5.41, 5.74) is 5.32. The van der Waals surface area contributed by atoms with Crippen molar-refractivity contribution in [3.63, 3.8) is 0 Å². The first-order valence-corrected chi connectivity index (χ1v) is 12.5. The summed E-state index contributed by atoms with van der Waals surface area (Å²) in [5.74, 6) is 1.04. The van der Waals surface area contributed by atoms with Gasteiger partial charge in [0.15, 0.2) is 5.43 Å². The number of rotatable bonds is 6. The maximum absolute atomic E-state index is 13.9. The monoisotopic (exact) mass is 481 g/mol. The van der Waals surface area contributed by atoms with E-state index in [1.807, 2.05) is 75.4 Å². The fourth-order valence-corrected chi connectivity index (χ4v) is 4.73. The molecule has 4 aromatic rings. The van der Waals surface area contributed by atoms with E-state index in [-0.39, 0.29) is 17.1 Å². The molecule has 0 saturated heterocycles. The van der Waals surface area contributed by atoms with E-state index in [1.54, 1.807) is 11.0 Å². The van der Waals surface area contributed by atoms with Gasteiger partial charge in [0.05, 0.1) is 23.6 Å². The summed E-state index contributed by atoms with van der Waals surface area (Å²) in [4.78, 5) is 29.4. The third-order valence-electron chi connectivity index (χ3n) is 6.93. The Bertz CT molecular complexity index is 1530. The van der Waals surface area contributed by atoms with E-state index in [9.17, 15) is 9.59 Å². The molecule has 0 radical (unpaired) electrons. The Morgan fingerprint density at radius 2 is 1.75 bits per heavy atom. The van der Waals surface area contributed by atoms with Crippen molar-refractivity contribution in [2.24, 2.45) is 5.92 Å². The summed E-state index contributed by atoms with van der Waals surface area (Å²) >= 11 is 0. The summed E-state index contributed by atoms with van der Waals surface area (Å²) in [5, 5.41) is 0.484. The molecule has 0 fully saturated rings. The molecule has 1 amide bonds. The molecule has 2 heterocycles. The van der Waals surface area contributed by atoms with Gasteiger partial charge in [-0.3, -0.25) is 14.5 Å². The largest absolute Gasteiger partial charge is 0.494 e. The normalized spacial score (nSPS) is 15.1. The third-order valence-corrected chi connectivity index (χ3v) is 6.93. The number of anilines is 1. The van der Waals surface area contributed by atoms with Crippen molar-refractivity contribution in [1.29, 1.82) is 0 Å². The molecular weight excluding hydrogens is 450 g/mol. The Kier molecular flexibility index (Phi) is 6.17. The van der Waals surface area contributed by atoms with E-state index < -0.39 is 6.04 Å². The topological polar surface area (TPSA) is 59.8 Å². The molecule has 184 valence electrons. The van der Waals surface area contributed by atoms with E-state index in [0.717, 1.165) is 40.1 Å². The lowest BCUT2D eigenvalue weighted by Crippen LogP contribution is -2.29. The average Bonchev–Trinajstić information content (AvgIpc) is 3.14. The number of ether oxygens (including phenoxy) is 1. The molecule has 0 bridgehead atoms. The van der Waals surface area contributed by atoms with E-state index in [1.165, 1.54) is 0 Å². The number of carbonyl (C=O) groups excluding carboxylic acids is 1. The zero-order chi connectivity index (χ0) is 25.6. The van der Waals surface area contributed by atoms with Crippen molar-refractivity contribution < 1.29 is 13.9 Å². The smallest absolute Gasteiger partial charge is 0.295 e. The van der Waals surface area contributed by atoms with Gasteiger partial charge in [0, 0.05) is 5.69 Å². The number of nitrogens with zero attached hydrogens (tertiary/aromatic N) is 1. The lowest BCUT2D eigenvalue weighted by atomic mass is 9.97. The first-order chi connectivity index (χ1) is 17.2. The molecule has 1 unspecified atom stereocenters. The number of fused-ring (bicyclic) bond motifs is 2. The summed E-state index contributed by atoms with van der Waals surface area (Å²) in [6, 6.07) is 18.5. The predicted octanol–water partition coefficient (Wildman–Crippen LogP) is 6.89. The SMILES string of the molecule is Cc1ccc2oc3c(c(=O)c2c1)C(c1cccc(OCCC(C)C)c1)N(c1ccc(C)c(C)c1)C3=O.